The van der Waals surface area contributed by atoms with Gasteiger partial charge in [-0.2, -0.15) is 0 Å². The van der Waals surface area contributed by atoms with Crippen molar-refractivity contribution in [3.8, 4) is 0 Å². The van der Waals surface area contributed by atoms with Crippen LogP contribution in [-0.4, -0.2) is 60.6 Å². The van der Waals surface area contributed by atoms with Gasteiger partial charge < -0.3 is 35.3 Å². The smallest absolute Gasteiger partial charge is 0.260 e. The summed E-state index contributed by atoms with van der Waals surface area (Å²) < 4.78 is 6.74. The fourth-order valence-electron chi connectivity index (χ4n) is 2.60. The van der Waals surface area contributed by atoms with Gasteiger partial charge in [0.25, 0.3) is 5.56 Å². The van der Waals surface area contributed by atoms with Crippen molar-refractivity contribution in [3.05, 3.63) is 28.4 Å². The number of aromatic nitrogens is 3. The molecule has 22 heavy (non-hydrogen) atoms. The molecule has 2 aromatic heterocycles. The third-order valence-electron chi connectivity index (χ3n) is 3.70. The van der Waals surface area contributed by atoms with Crippen LogP contribution in [0.1, 0.15) is 11.8 Å². The summed E-state index contributed by atoms with van der Waals surface area (Å²) in [6.45, 7) is -0.471. The number of aliphatic hydroxyl groups excluding tert-OH is 3. The van der Waals surface area contributed by atoms with Crippen molar-refractivity contribution < 1.29 is 20.1 Å². The number of nitrogens with one attached hydrogen (secondary N) is 2. The highest BCUT2D eigenvalue weighted by Gasteiger charge is 2.44. The standard InChI is InChI=1S/C12H15N5O5/c13-9(14)4-1-17(10-6(4)11(21)16-3-15-10)12-8(20)7(19)5(2-18)22-12/h1,3,5,7-8,12,18-20H,2H2,(H3,13,14)(H,15,16,21)/t5-,7-,8-,12?/m1/s1. The molecule has 10 heteroatoms. The molecule has 10 nitrogen and oxygen atoms in total. The highest BCUT2D eigenvalue weighted by atomic mass is 16.6. The van der Waals surface area contributed by atoms with Crippen LogP contribution in [0, 0.1) is 5.41 Å². The van der Waals surface area contributed by atoms with Gasteiger partial charge in [0.2, 0.25) is 0 Å². The van der Waals surface area contributed by atoms with Crippen molar-refractivity contribution in [2.45, 2.75) is 24.5 Å². The number of aliphatic hydroxyl groups is 3. The summed E-state index contributed by atoms with van der Waals surface area (Å²) in [4.78, 5) is 18.4. The van der Waals surface area contributed by atoms with Gasteiger partial charge in [0.15, 0.2) is 6.23 Å². The number of amidine groups is 1. The summed E-state index contributed by atoms with van der Waals surface area (Å²) in [5, 5.41) is 36.7. The second-order valence-corrected chi connectivity index (χ2v) is 5.02. The van der Waals surface area contributed by atoms with E-state index >= 15 is 0 Å². The Balaban J connectivity index is 2.18. The Morgan fingerprint density at radius 3 is 2.82 bits per heavy atom. The van der Waals surface area contributed by atoms with Crippen LogP contribution in [0.3, 0.4) is 0 Å². The molecule has 0 bridgehead atoms. The van der Waals surface area contributed by atoms with Crippen LogP contribution in [0.25, 0.3) is 11.0 Å². The summed E-state index contributed by atoms with van der Waals surface area (Å²) in [7, 11) is 0. The highest BCUT2D eigenvalue weighted by molar-refractivity contribution is 6.06. The number of H-pyrrole nitrogens is 1. The van der Waals surface area contributed by atoms with Gasteiger partial charge in [-0.15, -0.1) is 0 Å². The lowest BCUT2D eigenvalue weighted by Gasteiger charge is -2.17. The Morgan fingerprint density at radius 2 is 2.23 bits per heavy atom. The molecule has 1 fully saturated rings. The number of nitrogens with zero attached hydrogens (tertiary/aromatic N) is 2. The summed E-state index contributed by atoms with van der Waals surface area (Å²) in [5.74, 6) is -0.339. The largest absolute Gasteiger partial charge is 0.394 e. The first-order valence-electron chi connectivity index (χ1n) is 6.50. The van der Waals surface area contributed by atoms with Crippen LogP contribution < -0.4 is 11.3 Å². The average Bonchev–Trinajstić information content (AvgIpc) is 3.00. The summed E-state index contributed by atoms with van der Waals surface area (Å²) in [6.07, 6.45) is -2.09. The van der Waals surface area contributed by atoms with Crippen LogP contribution in [0.5, 0.6) is 0 Å². The SMILES string of the molecule is N=C(N)c1cn(C2O[C@H](CO)[C@@H](O)[C@H]2O)c2nc[nH]c(=O)c12. The molecule has 1 aliphatic rings. The maximum absolute atomic E-state index is 11.9. The van der Waals surface area contributed by atoms with Crippen molar-refractivity contribution in [2.75, 3.05) is 6.61 Å². The quantitative estimate of drug-likeness (QED) is 0.271. The number of fused-ring (bicyclic) bond motifs is 1. The fourth-order valence-corrected chi connectivity index (χ4v) is 2.60. The normalized spacial score (nSPS) is 28.3. The third kappa shape index (κ3) is 2.01. The molecule has 0 aromatic carbocycles. The van der Waals surface area contributed by atoms with E-state index in [1.807, 2.05) is 0 Å². The number of nitrogen functional groups attached to an aromatic ring is 1. The van der Waals surface area contributed by atoms with Crippen LogP contribution in [-0.2, 0) is 4.74 Å². The maximum Gasteiger partial charge on any atom is 0.260 e. The van der Waals surface area contributed by atoms with E-state index in [0.717, 1.165) is 0 Å². The molecule has 0 radical (unpaired) electrons. The minimum absolute atomic E-state index is 0.0905. The minimum atomic E-state index is -1.33. The van der Waals surface area contributed by atoms with Gasteiger partial charge in [0.05, 0.1) is 18.3 Å². The topological polar surface area (TPSA) is 170 Å². The molecule has 3 heterocycles. The van der Waals surface area contributed by atoms with Gasteiger partial charge >= 0.3 is 0 Å². The Hall–Kier alpha value is -2.27. The van der Waals surface area contributed by atoms with Crippen LogP contribution in [0.2, 0.25) is 0 Å². The van der Waals surface area contributed by atoms with Gasteiger partial charge in [0.1, 0.15) is 29.8 Å². The predicted molar refractivity (Wildman–Crippen MR) is 74.4 cm³/mol. The summed E-state index contributed by atoms with van der Waals surface area (Å²) in [6, 6.07) is 0. The summed E-state index contributed by atoms with van der Waals surface area (Å²) in [5.41, 5.74) is 5.28. The molecular formula is C12H15N5O5. The molecule has 0 aliphatic carbocycles. The lowest BCUT2D eigenvalue weighted by Crippen LogP contribution is -2.33. The monoisotopic (exact) mass is 309 g/mol. The fraction of sp³-hybridized carbons (Fsp3) is 0.417. The first kappa shape index (κ1) is 14.7. The molecule has 1 saturated heterocycles. The molecule has 3 rings (SSSR count). The molecular weight excluding hydrogens is 294 g/mol. The van der Waals surface area contributed by atoms with Gasteiger partial charge in [0, 0.05) is 11.8 Å². The predicted octanol–water partition coefficient (Wildman–Crippen LogP) is -2.38. The van der Waals surface area contributed by atoms with E-state index < -0.39 is 36.7 Å². The maximum atomic E-state index is 11.9. The zero-order chi connectivity index (χ0) is 16.0. The van der Waals surface area contributed by atoms with Gasteiger partial charge in [-0.05, 0) is 0 Å². The van der Waals surface area contributed by atoms with E-state index in [0.29, 0.717) is 0 Å². The molecule has 1 unspecified atom stereocenters. The van der Waals surface area contributed by atoms with Crippen LogP contribution >= 0.6 is 0 Å². The number of aromatic amines is 1. The number of nitrogens with two attached hydrogens (primary N) is 1. The van der Waals surface area contributed by atoms with Gasteiger partial charge in [-0.1, -0.05) is 0 Å². The average molecular weight is 309 g/mol. The first-order chi connectivity index (χ1) is 10.5. The second kappa shape index (κ2) is 5.18. The number of hydrogen-bond donors (Lipinski definition) is 6. The molecule has 7 N–H and O–H groups in total. The van der Waals surface area contributed by atoms with Gasteiger partial charge in [-0.3, -0.25) is 10.2 Å². The molecule has 1 aliphatic heterocycles. The molecule has 2 aromatic rings. The Labute approximate surface area is 123 Å². The van der Waals surface area contributed by atoms with Crippen molar-refractivity contribution in [1.29, 1.82) is 5.41 Å². The zero-order valence-electron chi connectivity index (χ0n) is 11.3. The molecule has 0 saturated carbocycles. The van der Waals surface area contributed by atoms with Crippen LogP contribution in [0.15, 0.2) is 17.3 Å². The zero-order valence-corrected chi connectivity index (χ0v) is 11.3. The third-order valence-corrected chi connectivity index (χ3v) is 3.70. The number of ether oxygens (including phenoxy) is 1. The van der Waals surface area contributed by atoms with Crippen molar-refractivity contribution in [3.63, 3.8) is 0 Å². The molecule has 0 spiro atoms. The van der Waals surface area contributed by atoms with E-state index in [2.05, 4.69) is 9.97 Å². The lowest BCUT2D eigenvalue weighted by molar-refractivity contribution is -0.0508. The van der Waals surface area contributed by atoms with E-state index in [1.54, 1.807) is 0 Å². The van der Waals surface area contributed by atoms with E-state index in [4.69, 9.17) is 21.0 Å². The Bertz CT molecular complexity index is 784. The molecule has 4 atom stereocenters. The first-order valence-corrected chi connectivity index (χ1v) is 6.50. The lowest BCUT2D eigenvalue weighted by atomic mass is 10.1. The number of rotatable bonds is 3. The van der Waals surface area contributed by atoms with Crippen molar-refractivity contribution >= 4 is 16.9 Å². The van der Waals surface area contributed by atoms with E-state index in [9.17, 15) is 15.0 Å². The Morgan fingerprint density at radius 1 is 1.50 bits per heavy atom. The summed E-state index contributed by atoms with van der Waals surface area (Å²) >= 11 is 0. The number of hydrogen-bond acceptors (Lipinski definition) is 7. The van der Waals surface area contributed by atoms with Crippen molar-refractivity contribution in [1.82, 2.24) is 14.5 Å². The second-order valence-electron chi connectivity index (χ2n) is 5.02. The van der Waals surface area contributed by atoms with Gasteiger partial charge in [-0.25, -0.2) is 4.98 Å². The minimum Gasteiger partial charge on any atom is -0.394 e. The van der Waals surface area contributed by atoms with Crippen molar-refractivity contribution in [2.24, 2.45) is 5.73 Å². The Kier molecular flexibility index (Phi) is 3.45. The highest BCUT2D eigenvalue weighted by Crippen LogP contribution is 2.32. The molecule has 118 valence electrons. The van der Waals surface area contributed by atoms with E-state index in [-0.39, 0.29) is 22.4 Å². The van der Waals surface area contributed by atoms with E-state index in [1.165, 1.54) is 17.1 Å². The molecule has 0 amide bonds. The van der Waals surface area contributed by atoms with Crippen LogP contribution in [0.4, 0.5) is 0 Å².